The van der Waals surface area contributed by atoms with Crippen LogP contribution in [0.2, 0.25) is 0 Å². The van der Waals surface area contributed by atoms with Crippen molar-refractivity contribution in [1.29, 1.82) is 0 Å². The van der Waals surface area contributed by atoms with Gasteiger partial charge in [0.25, 0.3) is 6.73 Å². The van der Waals surface area contributed by atoms with Crippen molar-refractivity contribution in [2.75, 3.05) is 0 Å². The number of ether oxygens (including phenoxy) is 1. The van der Waals surface area contributed by atoms with E-state index >= 15 is 0 Å². The minimum atomic E-state index is 0.599. The SMILES string of the molecule is c1cc2c3c(c1)OC[n+]1ccnc(c1-3)C2. The number of aromatic nitrogens is 2. The largest absolute Gasteiger partial charge is 0.435 e. The summed E-state index contributed by atoms with van der Waals surface area (Å²) < 4.78 is 7.83. The van der Waals surface area contributed by atoms with Gasteiger partial charge in [0.2, 0.25) is 5.69 Å². The second kappa shape index (κ2) is 2.37. The lowest BCUT2D eigenvalue weighted by molar-refractivity contribution is -0.717. The summed E-state index contributed by atoms with van der Waals surface area (Å²) in [5.41, 5.74) is 4.99. The van der Waals surface area contributed by atoms with E-state index in [4.69, 9.17) is 4.74 Å². The van der Waals surface area contributed by atoms with E-state index in [0.29, 0.717) is 6.73 Å². The Morgan fingerprint density at radius 3 is 3.33 bits per heavy atom. The molecule has 72 valence electrons. The van der Waals surface area contributed by atoms with E-state index in [0.717, 1.165) is 12.2 Å². The molecule has 2 aromatic rings. The molecular weight excluding hydrogens is 188 g/mol. The first-order valence-electron chi connectivity index (χ1n) is 5.06. The average Bonchev–Trinajstić information content (AvgIpc) is 2.66. The fourth-order valence-electron chi connectivity index (χ4n) is 2.46. The van der Waals surface area contributed by atoms with Gasteiger partial charge in [-0.3, -0.25) is 0 Å². The third-order valence-corrected chi connectivity index (χ3v) is 3.10. The molecule has 1 aromatic heterocycles. The molecule has 0 atom stereocenters. The molecule has 3 heteroatoms. The van der Waals surface area contributed by atoms with E-state index in [9.17, 15) is 0 Å². The minimum Gasteiger partial charge on any atom is -0.435 e. The third kappa shape index (κ3) is 0.807. The first-order chi connectivity index (χ1) is 7.43. The van der Waals surface area contributed by atoms with Crippen LogP contribution in [0.1, 0.15) is 11.3 Å². The van der Waals surface area contributed by atoms with Crippen molar-refractivity contribution < 1.29 is 9.30 Å². The summed E-state index contributed by atoms with van der Waals surface area (Å²) in [6, 6.07) is 6.24. The summed E-state index contributed by atoms with van der Waals surface area (Å²) in [7, 11) is 0. The van der Waals surface area contributed by atoms with Gasteiger partial charge >= 0.3 is 0 Å². The Kier molecular flexibility index (Phi) is 1.17. The van der Waals surface area contributed by atoms with Crippen molar-refractivity contribution in [2.24, 2.45) is 0 Å². The van der Waals surface area contributed by atoms with Gasteiger partial charge < -0.3 is 4.74 Å². The van der Waals surface area contributed by atoms with Crippen molar-refractivity contribution in [2.45, 2.75) is 13.2 Å². The van der Waals surface area contributed by atoms with Crippen LogP contribution in [0.4, 0.5) is 0 Å². The molecule has 4 rings (SSSR count). The number of nitrogens with zero attached hydrogens (tertiary/aromatic N) is 2. The lowest BCUT2D eigenvalue weighted by Gasteiger charge is -2.13. The molecule has 0 N–H and O–H groups in total. The van der Waals surface area contributed by atoms with E-state index in [1.54, 1.807) is 0 Å². The topological polar surface area (TPSA) is 26.0 Å². The molecule has 0 spiro atoms. The maximum Gasteiger partial charge on any atom is 0.292 e. The molecule has 0 saturated heterocycles. The van der Waals surface area contributed by atoms with Crippen molar-refractivity contribution in [3.63, 3.8) is 0 Å². The Morgan fingerprint density at radius 2 is 2.33 bits per heavy atom. The zero-order chi connectivity index (χ0) is 9.83. The first kappa shape index (κ1) is 7.40. The van der Waals surface area contributed by atoms with Crippen LogP contribution in [-0.4, -0.2) is 4.98 Å². The fourth-order valence-corrected chi connectivity index (χ4v) is 2.46. The normalized spacial score (nSPS) is 14.7. The van der Waals surface area contributed by atoms with Crippen molar-refractivity contribution in [3.8, 4) is 17.0 Å². The van der Waals surface area contributed by atoms with Gasteiger partial charge in [-0.1, -0.05) is 12.1 Å². The zero-order valence-corrected chi connectivity index (χ0v) is 8.10. The molecule has 3 nitrogen and oxygen atoms in total. The summed E-state index contributed by atoms with van der Waals surface area (Å²) in [5, 5.41) is 0. The van der Waals surface area contributed by atoms with Gasteiger partial charge in [0, 0.05) is 6.42 Å². The highest BCUT2D eigenvalue weighted by Gasteiger charge is 2.35. The Balaban J connectivity index is 2.18. The molecule has 1 aromatic carbocycles. The van der Waals surface area contributed by atoms with E-state index in [2.05, 4.69) is 21.7 Å². The highest BCUT2D eigenvalue weighted by molar-refractivity contribution is 5.76. The Bertz CT molecular complexity index is 526. The lowest BCUT2D eigenvalue weighted by Crippen LogP contribution is -2.41. The van der Waals surface area contributed by atoms with Gasteiger partial charge in [-0.25, -0.2) is 4.98 Å². The standard InChI is InChI=1S/C12H9N2O/c1-2-8-6-9-12-11(8)10(3-1)15-7-14(12)5-4-13-9/h1-5H,6-7H2/q+1. The number of benzene rings is 1. The third-order valence-electron chi connectivity index (χ3n) is 3.10. The predicted molar refractivity (Wildman–Crippen MR) is 53.3 cm³/mol. The number of hydrogen-bond donors (Lipinski definition) is 0. The molecule has 0 fully saturated rings. The van der Waals surface area contributed by atoms with Crippen LogP contribution < -0.4 is 9.30 Å². The summed E-state index contributed by atoms with van der Waals surface area (Å²) in [6.07, 6.45) is 4.76. The Morgan fingerprint density at radius 1 is 1.33 bits per heavy atom. The van der Waals surface area contributed by atoms with Crippen molar-refractivity contribution >= 4 is 0 Å². The van der Waals surface area contributed by atoms with Gasteiger partial charge in [-0.05, 0) is 11.6 Å². The Labute approximate surface area is 87.0 Å². The highest BCUT2D eigenvalue weighted by atomic mass is 16.5. The minimum absolute atomic E-state index is 0.599. The average molecular weight is 197 g/mol. The molecule has 0 saturated carbocycles. The quantitative estimate of drug-likeness (QED) is 0.507. The molecule has 0 unspecified atom stereocenters. The summed E-state index contributed by atoms with van der Waals surface area (Å²) in [6.45, 7) is 0.599. The van der Waals surface area contributed by atoms with E-state index in [1.807, 2.05) is 18.5 Å². The smallest absolute Gasteiger partial charge is 0.292 e. The van der Waals surface area contributed by atoms with Crippen LogP contribution in [0.25, 0.3) is 11.3 Å². The maximum atomic E-state index is 5.70. The fraction of sp³-hybridized carbons (Fsp3) is 0.167. The molecule has 15 heavy (non-hydrogen) atoms. The highest BCUT2D eigenvalue weighted by Crippen LogP contribution is 2.41. The van der Waals surface area contributed by atoms with Crippen LogP contribution in [0.3, 0.4) is 0 Å². The molecule has 2 aliphatic rings. The molecule has 0 radical (unpaired) electrons. The molecular formula is C12H9N2O+. The number of hydrogen-bond acceptors (Lipinski definition) is 2. The van der Waals surface area contributed by atoms with Crippen LogP contribution >= 0.6 is 0 Å². The molecule has 1 aliphatic heterocycles. The van der Waals surface area contributed by atoms with Gasteiger partial charge in [-0.2, -0.15) is 4.57 Å². The number of rotatable bonds is 0. The van der Waals surface area contributed by atoms with Crippen LogP contribution in [0, 0.1) is 0 Å². The van der Waals surface area contributed by atoms with Crippen LogP contribution in [0.15, 0.2) is 30.6 Å². The summed E-state index contributed by atoms with van der Waals surface area (Å²) in [4.78, 5) is 4.43. The van der Waals surface area contributed by atoms with Gasteiger partial charge in [0.05, 0.1) is 11.8 Å². The predicted octanol–water partition coefficient (Wildman–Crippen LogP) is 1.29. The zero-order valence-electron chi connectivity index (χ0n) is 8.10. The van der Waals surface area contributed by atoms with E-state index < -0.39 is 0 Å². The molecule has 0 bridgehead atoms. The van der Waals surface area contributed by atoms with Gasteiger partial charge in [0.1, 0.15) is 11.4 Å². The second-order valence-corrected chi connectivity index (χ2v) is 3.93. The summed E-state index contributed by atoms with van der Waals surface area (Å²) in [5.74, 6) is 0.999. The monoisotopic (exact) mass is 197 g/mol. The van der Waals surface area contributed by atoms with Crippen LogP contribution in [-0.2, 0) is 13.2 Å². The lowest BCUT2D eigenvalue weighted by atomic mass is 10.1. The maximum absolute atomic E-state index is 5.70. The Hall–Kier alpha value is -1.90. The van der Waals surface area contributed by atoms with Gasteiger partial charge in [0.15, 0.2) is 6.20 Å². The second-order valence-electron chi connectivity index (χ2n) is 3.93. The molecule has 1 aliphatic carbocycles. The van der Waals surface area contributed by atoms with Gasteiger partial charge in [-0.15, -0.1) is 0 Å². The summed E-state index contributed by atoms with van der Waals surface area (Å²) >= 11 is 0. The van der Waals surface area contributed by atoms with E-state index in [-0.39, 0.29) is 0 Å². The first-order valence-corrected chi connectivity index (χ1v) is 5.06. The van der Waals surface area contributed by atoms with E-state index in [1.165, 1.54) is 22.5 Å². The van der Waals surface area contributed by atoms with Crippen molar-refractivity contribution in [3.05, 3.63) is 41.9 Å². The van der Waals surface area contributed by atoms with Crippen LogP contribution in [0.5, 0.6) is 5.75 Å². The van der Waals surface area contributed by atoms with Crippen molar-refractivity contribution in [1.82, 2.24) is 4.98 Å². The molecule has 0 amide bonds. The molecule has 2 heterocycles.